The number of rotatable bonds is 0. The molecule has 1 N–H and O–H groups in total. The average Bonchev–Trinajstić information content (AvgIpc) is 0.811. The molecule has 5 heteroatoms. The molecular weight excluding hydrogens is 196 g/mol. The molecule has 0 aliphatic carbocycles. The molecule has 0 amide bonds. The van der Waals surface area contributed by atoms with E-state index in [1.807, 2.05) is 0 Å². The predicted molar refractivity (Wildman–Crippen MR) is 30.4 cm³/mol. The molecule has 0 aromatic carbocycles. The molecule has 0 spiro atoms. The van der Waals surface area contributed by atoms with Gasteiger partial charge in [-0.2, -0.15) is 0 Å². The molecule has 0 heterocycles. The van der Waals surface area contributed by atoms with Gasteiger partial charge in [0.25, 0.3) is 5.97 Å². The minimum atomic E-state index is -0.833. The van der Waals surface area contributed by atoms with Crippen molar-refractivity contribution in [2.75, 3.05) is 0 Å². The van der Waals surface area contributed by atoms with Crippen LogP contribution >= 0.6 is 0 Å². The minimum absolute atomic E-state index is 0. The third kappa shape index (κ3) is 136. The quantitative estimate of drug-likeness (QED) is 0.476. The van der Waals surface area contributed by atoms with Gasteiger partial charge < -0.3 is 5.11 Å². The van der Waals surface area contributed by atoms with Crippen LogP contribution in [0.1, 0.15) is 6.92 Å². The summed E-state index contributed by atoms with van der Waals surface area (Å²) < 4.78 is 0. The molecule has 0 bridgehead atoms. The Morgan fingerprint density at radius 1 is 1.57 bits per heavy atom. The topological polar surface area (TPSA) is 37.3 Å². The van der Waals surface area contributed by atoms with Gasteiger partial charge in [-0.05, 0) is 0 Å². The third-order valence-corrected chi connectivity index (χ3v) is 0. The zero-order chi connectivity index (χ0) is 3.58. The summed E-state index contributed by atoms with van der Waals surface area (Å²) in [6.07, 6.45) is 0. The second-order valence-corrected chi connectivity index (χ2v) is 0.519. The van der Waals surface area contributed by atoms with Crippen LogP contribution in [0.4, 0.5) is 0 Å². The summed E-state index contributed by atoms with van der Waals surface area (Å²) in [5.41, 5.74) is 0. The van der Waals surface area contributed by atoms with Crippen molar-refractivity contribution in [2.24, 2.45) is 0 Å². The summed E-state index contributed by atoms with van der Waals surface area (Å²) in [6.45, 7) is 1.08. The van der Waals surface area contributed by atoms with Gasteiger partial charge in [0.05, 0.1) is 8.41 Å². The number of carbonyl (C=O) groups is 1. The van der Waals surface area contributed by atoms with Crippen molar-refractivity contribution in [1.82, 2.24) is 0 Å². The van der Waals surface area contributed by atoms with Crippen LogP contribution < -0.4 is 0 Å². The number of aliphatic carboxylic acids is 1. The Morgan fingerprint density at radius 2 is 1.57 bits per heavy atom. The van der Waals surface area contributed by atoms with Crippen LogP contribution in [-0.4, -0.2) is 49.0 Å². The molecule has 2 nitrogen and oxygen atoms in total. The molecule has 0 atom stereocenters. The summed E-state index contributed by atoms with van der Waals surface area (Å²) in [7, 11) is 0. The van der Waals surface area contributed by atoms with Crippen molar-refractivity contribution in [3.05, 3.63) is 0 Å². The number of carboxylic acid groups (broad SMARTS) is 1. The zero-order valence-corrected chi connectivity index (χ0v) is 4.23. The van der Waals surface area contributed by atoms with Crippen LogP contribution in [0.5, 0.6) is 0 Å². The van der Waals surface area contributed by atoms with Crippen LogP contribution in [0.15, 0.2) is 0 Å². The Morgan fingerprint density at radius 3 is 1.57 bits per heavy atom. The first kappa shape index (κ1) is 24.1. The molecule has 7 heavy (non-hydrogen) atoms. The maximum atomic E-state index is 9.00. The van der Waals surface area contributed by atoms with E-state index in [9.17, 15) is 0 Å². The van der Waals surface area contributed by atoms with Gasteiger partial charge in [0, 0.05) is 27.3 Å². The second kappa shape index (κ2) is 15.7. The van der Waals surface area contributed by atoms with Crippen molar-refractivity contribution >= 4 is 43.9 Å². The van der Waals surface area contributed by atoms with Gasteiger partial charge in [0.15, 0.2) is 0 Å². The van der Waals surface area contributed by atoms with Gasteiger partial charge in [-0.1, -0.05) is 0 Å². The first-order valence-corrected chi connectivity index (χ1v) is 0.928. The summed E-state index contributed by atoms with van der Waals surface area (Å²) >= 11 is 0. The van der Waals surface area contributed by atoms with Crippen LogP contribution in [0, 0.1) is 0 Å². The van der Waals surface area contributed by atoms with Crippen molar-refractivity contribution < 1.29 is 30.3 Å². The molecule has 0 fully saturated rings. The summed E-state index contributed by atoms with van der Waals surface area (Å²) in [4.78, 5) is 9.00. The van der Waals surface area contributed by atoms with E-state index in [0.717, 1.165) is 6.92 Å². The number of hydrogen-bond acceptors (Lipinski definition) is 1. The minimum Gasteiger partial charge on any atom is 0 e. The average molecular weight is 204 g/mol. The predicted octanol–water partition coefficient (Wildman–Crippen LogP) is -1.74. The van der Waals surface area contributed by atoms with E-state index in [1.165, 1.54) is 0 Å². The molecule has 0 rings (SSSR count). The Kier molecular flexibility index (Phi) is 54.0. The molecule has 0 saturated carbocycles. The first-order chi connectivity index (χ1) is 1.73. The van der Waals surface area contributed by atoms with Crippen molar-refractivity contribution in [3.63, 3.8) is 0 Å². The van der Waals surface area contributed by atoms with Gasteiger partial charge in [-0.25, -0.2) is 0 Å². The van der Waals surface area contributed by atoms with Gasteiger partial charge in [-0.15, -0.1) is 0 Å². The fourth-order valence-corrected chi connectivity index (χ4v) is 0. The maximum Gasteiger partial charge on any atom is 0 e. The molecule has 0 saturated heterocycles. The standard InChI is InChI=1S/C2H4O2.BH3.Na.Pd.H/c1-2(3)4;;;;/h1H3,(H,3,4);1H3;;;. The summed E-state index contributed by atoms with van der Waals surface area (Å²) in [5.74, 6) is -0.833. The van der Waals surface area contributed by atoms with Crippen molar-refractivity contribution in [2.45, 2.75) is 6.92 Å². The number of carboxylic acids is 1. The van der Waals surface area contributed by atoms with E-state index in [1.54, 1.807) is 0 Å². The smallest absolute Gasteiger partial charge is 0 e. The van der Waals surface area contributed by atoms with E-state index >= 15 is 0 Å². The summed E-state index contributed by atoms with van der Waals surface area (Å²) in [6, 6.07) is 0. The molecular formula is C2H8BNaO2Pd. The van der Waals surface area contributed by atoms with Gasteiger partial charge >= 0.3 is 29.6 Å². The second-order valence-electron chi connectivity index (χ2n) is 0.519. The van der Waals surface area contributed by atoms with Crippen LogP contribution in [0.2, 0.25) is 0 Å². The maximum absolute atomic E-state index is 9.00. The summed E-state index contributed by atoms with van der Waals surface area (Å²) in [5, 5.41) is 7.42. The molecule has 0 unspecified atom stereocenters. The Labute approximate surface area is 80.6 Å². The zero-order valence-electron chi connectivity index (χ0n) is 2.67. The Balaban J connectivity index is -0.0000000150. The Hall–Kier alpha value is 1.20. The fourth-order valence-electron chi connectivity index (χ4n) is 0. The molecule has 0 aliphatic rings. The molecule has 0 aromatic rings. The molecule has 42 valence electrons. The number of hydrogen-bond donors (Lipinski definition) is 1. The fraction of sp³-hybridized carbons (Fsp3) is 0.500. The van der Waals surface area contributed by atoms with Gasteiger partial charge in [-0.3, -0.25) is 4.79 Å². The van der Waals surface area contributed by atoms with Crippen LogP contribution in [-0.2, 0) is 25.2 Å². The van der Waals surface area contributed by atoms with Gasteiger partial charge in [0.1, 0.15) is 0 Å². The SMILES string of the molecule is B.CC(=O)O.[NaH].[Pd]. The van der Waals surface area contributed by atoms with E-state index in [0.29, 0.717) is 0 Å². The van der Waals surface area contributed by atoms with E-state index < -0.39 is 5.97 Å². The molecule has 0 radical (unpaired) electrons. The van der Waals surface area contributed by atoms with Gasteiger partial charge in [0.2, 0.25) is 0 Å². The third-order valence-electron chi connectivity index (χ3n) is 0. The largest absolute Gasteiger partial charge is 0 e. The van der Waals surface area contributed by atoms with Crippen LogP contribution in [0.25, 0.3) is 0 Å². The van der Waals surface area contributed by atoms with Crippen LogP contribution in [0.3, 0.4) is 0 Å². The molecule has 0 aromatic heterocycles. The van der Waals surface area contributed by atoms with E-state index in [4.69, 9.17) is 9.90 Å². The van der Waals surface area contributed by atoms with Crippen molar-refractivity contribution in [3.8, 4) is 0 Å². The Bertz CT molecular complexity index is 38.7. The first-order valence-electron chi connectivity index (χ1n) is 0.928. The van der Waals surface area contributed by atoms with E-state index in [2.05, 4.69) is 0 Å². The normalized spacial score (nSPS) is 3.57. The molecule has 0 aliphatic heterocycles. The van der Waals surface area contributed by atoms with E-state index in [-0.39, 0.29) is 58.4 Å². The van der Waals surface area contributed by atoms with Crippen molar-refractivity contribution in [1.29, 1.82) is 0 Å². The monoisotopic (exact) mass is 204 g/mol.